The molecule has 0 bridgehead atoms. The average molecular weight is 424 g/mol. The molecule has 0 amide bonds. The van der Waals surface area contributed by atoms with Gasteiger partial charge in [0.15, 0.2) is 0 Å². The summed E-state index contributed by atoms with van der Waals surface area (Å²) >= 11 is 3.11. The van der Waals surface area contributed by atoms with Crippen molar-refractivity contribution in [3.05, 3.63) is 56.4 Å². The molecule has 6 nitrogen and oxygen atoms in total. The van der Waals surface area contributed by atoms with Gasteiger partial charge in [0.1, 0.15) is 10.7 Å². The van der Waals surface area contributed by atoms with Crippen LogP contribution in [0.5, 0.6) is 0 Å². The third kappa shape index (κ3) is 4.11. The van der Waals surface area contributed by atoms with Crippen molar-refractivity contribution in [2.24, 2.45) is 0 Å². The molecule has 144 valence electrons. The first-order chi connectivity index (χ1) is 12.7. The fourth-order valence-corrected chi connectivity index (χ4v) is 5.51. The Morgan fingerprint density at radius 1 is 1.22 bits per heavy atom. The van der Waals surface area contributed by atoms with Crippen molar-refractivity contribution in [3.8, 4) is 0 Å². The summed E-state index contributed by atoms with van der Waals surface area (Å²) in [4.78, 5) is 21.9. The minimum atomic E-state index is -3.44. The van der Waals surface area contributed by atoms with Crippen LogP contribution < -0.4 is 5.56 Å². The Kier molecular flexibility index (Phi) is 5.76. The number of benzene rings is 1. The second-order valence-corrected chi connectivity index (χ2v) is 10.7. The fraction of sp³-hybridized carbons (Fsp3) is 0.333. The molecule has 0 radical (unpaired) electrons. The number of hydrogen-bond donors (Lipinski definition) is 1. The van der Waals surface area contributed by atoms with E-state index in [1.807, 2.05) is 19.9 Å². The Labute approximate surface area is 166 Å². The second-order valence-electron chi connectivity index (χ2n) is 6.40. The normalized spacial score (nSPS) is 12.2. The topological polar surface area (TPSA) is 83.1 Å². The van der Waals surface area contributed by atoms with Gasteiger partial charge in [-0.1, -0.05) is 12.1 Å². The van der Waals surface area contributed by atoms with Crippen molar-refractivity contribution in [1.29, 1.82) is 0 Å². The van der Waals surface area contributed by atoms with Crippen molar-refractivity contribution >= 4 is 43.3 Å². The van der Waals surface area contributed by atoms with Gasteiger partial charge in [0.05, 0.1) is 16.0 Å². The molecular weight excluding hydrogens is 402 g/mol. The lowest BCUT2D eigenvalue weighted by atomic mass is 10.2. The lowest BCUT2D eigenvalue weighted by molar-refractivity contribution is 0.520. The predicted octanol–water partition coefficient (Wildman–Crippen LogP) is 3.29. The first-order valence-electron chi connectivity index (χ1n) is 8.28. The van der Waals surface area contributed by atoms with Crippen molar-refractivity contribution in [2.45, 2.75) is 30.2 Å². The molecule has 3 aromatic rings. The van der Waals surface area contributed by atoms with E-state index in [0.717, 1.165) is 20.8 Å². The highest BCUT2D eigenvalue weighted by molar-refractivity contribution is 7.97. The first-order valence-corrected chi connectivity index (χ1v) is 11.7. The van der Waals surface area contributed by atoms with Crippen LogP contribution >= 0.6 is 23.1 Å². The van der Waals surface area contributed by atoms with Gasteiger partial charge in [-0.05, 0) is 37.1 Å². The van der Waals surface area contributed by atoms with Crippen LogP contribution in [0.1, 0.15) is 21.8 Å². The molecule has 2 aromatic heterocycles. The molecule has 0 saturated carbocycles. The minimum Gasteiger partial charge on any atom is -0.309 e. The molecule has 27 heavy (non-hydrogen) atoms. The Morgan fingerprint density at radius 3 is 2.67 bits per heavy atom. The number of nitrogens with zero attached hydrogens (tertiary/aromatic N) is 2. The number of thioether (sulfide) groups is 1. The van der Waals surface area contributed by atoms with Crippen LogP contribution in [-0.4, -0.2) is 36.8 Å². The van der Waals surface area contributed by atoms with Crippen LogP contribution in [0.2, 0.25) is 0 Å². The molecule has 0 aliphatic rings. The molecule has 2 heterocycles. The van der Waals surface area contributed by atoms with E-state index in [4.69, 9.17) is 0 Å². The predicted molar refractivity (Wildman–Crippen MR) is 112 cm³/mol. The summed E-state index contributed by atoms with van der Waals surface area (Å²) < 4.78 is 25.7. The minimum absolute atomic E-state index is 0.100. The van der Waals surface area contributed by atoms with Gasteiger partial charge in [-0.3, -0.25) is 4.79 Å². The number of sulfonamides is 1. The van der Waals surface area contributed by atoms with Crippen LogP contribution in [0.25, 0.3) is 10.2 Å². The number of nitrogens with one attached hydrogen (secondary N) is 1. The lowest BCUT2D eigenvalue weighted by Gasteiger charge is -2.12. The molecule has 0 aliphatic carbocycles. The molecule has 0 aliphatic heterocycles. The number of aromatic amines is 1. The van der Waals surface area contributed by atoms with E-state index in [1.165, 1.54) is 29.7 Å². The molecule has 0 fully saturated rings. The molecule has 1 N–H and O–H groups in total. The SMILES string of the molecule is Cc1sc2nc(CSCc3cccc(S(=O)(=O)N(C)C)c3)[nH]c(=O)c2c1C. The maximum atomic E-state index is 12.3. The summed E-state index contributed by atoms with van der Waals surface area (Å²) in [6.07, 6.45) is 0. The van der Waals surface area contributed by atoms with Crippen LogP contribution in [0.15, 0.2) is 34.0 Å². The van der Waals surface area contributed by atoms with E-state index < -0.39 is 10.0 Å². The van der Waals surface area contributed by atoms with Gasteiger partial charge in [-0.25, -0.2) is 17.7 Å². The number of fused-ring (bicyclic) bond motifs is 1. The van der Waals surface area contributed by atoms with E-state index in [1.54, 1.807) is 30.0 Å². The van der Waals surface area contributed by atoms with E-state index in [0.29, 0.717) is 22.7 Å². The van der Waals surface area contributed by atoms with E-state index in [-0.39, 0.29) is 10.5 Å². The van der Waals surface area contributed by atoms with Gasteiger partial charge in [0.25, 0.3) is 5.56 Å². The Morgan fingerprint density at radius 2 is 1.96 bits per heavy atom. The van der Waals surface area contributed by atoms with E-state index in [2.05, 4.69) is 9.97 Å². The molecular formula is C18H21N3O3S3. The molecule has 3 rings (SSSR count). The summed E-state index contributed by atoms with van der Waals surface area (Å²) in [6, 6.07) is 6.92. The zero-order valence-corrected chi connectivity index (χ0v) is 18.0. The van der Waals surface area contributed by atoms with E-state index in [9.17, 15) is 13.2 Å². The summed E-state index contributed by atoms with van der Waals surface area (Å²) in [5.41, 5.74) is 1.80. The van der Waals surface area contributed by atoms with Crippen LogP contribution in [0.4, 0.5) is 0 Å². The van der Waals surface area contributed by atoms with Crippen molar-refractivity contribution in [2.75, 3.05) is 14.1 Å². The molecule has 0 spiro atoms. The summed E-state index contributed by atoms with van der Waals surface area (Å²) in [6.45, 7) is 3.93. The number of H-pyrrole nitrogens is 1. The monoisotopic (exact) mass is 423 g/mol. The maximum absolute atomic E-state index is 12.3. The Bertz CT molecular complexity index is 1150. The molecule has 0 atom stereocenters. The number of aromatic nitrogens is 2. The summed E-state index contributed by atoms with van der Waals surface area (Å²) in [7, 11) is -0.409. The van der Waals surface area contributed by atoms with Crippen molar-refractivity contribution in [1.82, 2.24) is 14.3 Å². The third-order valence-corrected chi connectivity index (χ3v) is 8.20. The molecule has 9 heteroatoms. The van der Waals surface area contributed by atoms with Gasteiger partial charge in [0, 0.05) is 24.7 Å². The number of aryl methyl sites for hydroxylation is 2. The largest absolute Gasteiger partial charge is 0.309 e. The quantitative estimate of drug-likeness (QED) is 0.658. The summed E-state index contributed by atoms with van der Waals surface area (Å²) in [5, 5.41) is 0.674. The van der Waals surface area contributed by atoms with Gasteiger partial charge in [-0.15, -0.1) is 23.1 Å². The highest BCUT2D eigenvalue weighted by Gasteiger charge is 2.17. The van der Waals surface area contributed by atoms with Crippen LogP contribution in [0, 0.1) is 13.8 Å². The number of rotatable bonds is 6. The zero-order chi connectivity index (χ0) is 19.8. The highest BCUT2D eigenvalue weighted by atomic mass is 32.2. The Hall–Kier alpha value is -1.68. The van der Waals surface area contributed by atoms with Gasteiger partial charge < -0.3 is 4.98 Å². The average Bonchev–Trinajstić information content (AvgIpc) is 2.89. The molecule has 0 unspecified atom stereocenters. The third-order valence-electron chi connectivity index (χ3n) is 4.27. The fourth-order valence-electron chi connectivity index (χ4n) is 2.64. The van der Waals surface area contributed by atoms with Gasteiger partial charge in [-0.2, -0.15) is 0 Å². The molecule has 1 aromatic carbocycles. The number of hydrogen-bond acceptors (Lipinski definition) is 6. The smallest absolute Gasteiger partial charge is 0.259 e. The van der Waals surface area contributed by atoms with Crippen molar-refractivity contribution < 1.29 is 8.42 Å². The maximum Gasteiger partial charge on any atom is 0.259 e. The van der Waals surface area contributed by atoms with E-state index >= 15 is 0 Å². The number of thiophene rings is 1. The highest BCUT2D eigenvalue weighted by Crippen LogP contribution is 2.26. The van der Waals surface area contributed by atoms with Gasteiger partial charge >= 0.3 is 0 Å². The van der Waals surface area contributed by atoms with Crippen molar-refractivity contribution in [3.63, 3.8) is 0 Å². The second kappa shape index (κ2) is 7.75. The Balaban J connectivity index is 1.74. The zero-order valence-electron chi connectivity index (χ0n) is 15.6. The van der Waals surface area contributed by atoms with Crippen LogP contribution in [-0.2, 0) is 21.5 Å². The standard InChI is InChI=1S/C18H21N3O3S3/c1-11-12(2)26-18-16(11)17(22)19-15(20-18)10-25-9-13-6-5-7-14(8-13)27(23,24)21(3)4/h5-8H,9-10H2,1-4H3,(H,19,20,22). The lowest BCUT2D eigenvalue weighted by Crippen LogP contribution is -2.22. The van der Waals surface area contributed by atoms with Gasteiger partial charge in [0.2, 0.25) is 10.0 Å². The molecule has 0 saturated heterocycles. The van der Waals surface area contributed by atoms with Crippen LogP contribution in [0.3, 0.4) is 0 Å². The summed E-state index contributed by atoms with van der Waals surface area (Å²) in [5.74, 6) is 1.81. The first kappa shape index (κ1) is 20.1.